The first-order valence-electron chi connectivity index (χ1n) is 17.6. The van der Waals surface area contributed by atoms with Crippen LogP contribution >= 0.6 is 0 Å². The van der Waals surface area contributed by atoms with E-state index < -0.39 is 11.6 Å². The number of hydrogen-bond acceptors (Lipinski definition) is 12. The average Bonchev–Trinajstić information content (AvgIpc) is 3.97. The topological polar surface area (TPSA) is 130 Å². The lowest BCUT2D eigenvalue weighted by atomic mass is 9.95. The number of halogens is 2. The highest BCUT2D eigenvalue weighted by atomic mass is 19.1. The van der Waals surface area contributed by atoms with Crippen LogP contribution < -0.4 is 24.8 Å². The van der Waals surface area contributed by atoms with Crippen LogP contribution in [0.1, 0.15) is 36.9 Å². The van der Waals surface area contributed by atoms with Gasteiger partial charge >= 0.3 is 6.01 Å². The summed E-state index contributed by atoms with van der Waals surface area (Å²) in [6.45, 7) is 6.79. The van der Waals surface area contributed by atoms with Crippen LogP contribution in [0.5, 0.6) is 17.6 Å². The summed E-state index contributed by atoms with van der Waals surface area (Å²) < 4.78 is 61.7. The number of pyridine rings is 2. The van der Waals surface area contributed by atoms with Crippen LogP contribution in [-0.4, -0.2) is 91.3 Å². The Balaban J connectivity index is 1.30. The van der Waals surface area contributed by atoms with Crippen LogP contribution in [-0.2, 0) is 9.47 Å². The van der Waals surface area contributed by atoms with Gasteiger partial charge in [0, 0.05) is 54.9 Å². The Kier molecular flexibility index (Phi) is 9.32. The molecule has 0 amide bonds. The highest BCUT2D eigenvalue weighted by Gasteiger charge is 2.45. The predicted octanol–water partition coefficient (Wildman–Crippen LogP) is 5.52. The summed E-state index contributed by atoms with van der Waals surface area (Å²) >= 11 is 0. The zero-order chi connectivity index (χ0) is 36.7. The summed E-state index contributed by atoms with van der Waals surface area (Å²) in [6, 6.07) is 9.44. The van der Waals surface area contributed by atoms with Gasteiger partial charge in [0.1, 0.15) is 46.4 Å². The first-order valence-corrected chi connectivity index (χ1v) is 17.6. The second-order valence-corrected chi connectivity index (χ2v) is 13.7. The van der Waals surface area contributed by atoms with Crippen LogP contribution in [0.15, 0.2) is 42.6 Å². The molecule has 12 nitrogen and oxygen atoms in total. The van der Waals surface area contributed by atoms with Crippen LogP contribution in [0, 0.1) is 29.4 Å². The standard InChI is InChI=1S/C39H39F2N7O5/c1-4-26-29(40)8-7-24-18-25(53-22-49-3)19-28(30(24)26)33-32(41)34-31-36(46-38(45-34)52-21-39(9-10-39)20-47-12-15-50-16-13-47)48(14-17-51-37(31)44-33)23(2)27-6-5-11-43-35(27)42/h1,5-8,11,18-19,23H,9-10,12-17,20-22H2,2-3H3,(H2,42,43). The lowest BCUT2D eigenvalue weighted by molar-refractivity contribution is 0.0231. The number of hydrogen-bond donors (Lipinski definition) is 1. The van der Waals surface area contributed by atoms with Crippen LogP contribution in [0.4, 0.5) is 20.4 Å². The number of aromatic nitrogens is 4. The van der Waals surface area contributed by atoms with E-state index in [0.717, 1.165) is 38.0 Å². The van der Waals surface area contributed by atoms with Crippen molar-refractivity contribution in [3.63, 3.8) is 0 Å². The Morgan fingerprint density at radius 1 is 1.04 bits per heavy atom. The summed E-state index contributed by atoms with van der Waals surface area (Å²) in [6.07, 6.45) is 9.45. The van der Waals surface area contributed by atoms with Gasteiger partial charge in [-0.05, 0) is 49.4 Å². The maximum atomic E-state index is 17.4. The van der Waals surface area contributed by atoms with E-state index in [1.165, 1.54) is 13.2 Å². The number of ether oxygens (including phenoxy) is 5. The second kappa shape index (κ2) is 14.2. The SMILES string of the molecule is C#Cc1c(F)ccc2cc(OCOC)cc(-c3nc4c5c(nc(OCC6(CN7CCOCC7)CC6)nc5c3F)N(C(C)c3cccnc3N)CCO4)c12. The number of morpholine rings is 1. The van der Waals surface area contributed by atoms with E-state index in [-0.39, 0.29) is 69.9 Å². The fourth-order valence-electron chi connectivity index (χ4n) is 7.26. The molecule has 0 radical (unpaired) electrons. The molecule has 3 aliphatic rings. The molecule has 8 rings (SSSR count). The highest BCUT2D eigenvalue weighted by Crippen LogP contribution is 2.48. The summed E-state index contributed by atoms with van der Waals surface area (Å²) in [5.74, 6) is 2.21. The number of nitrogens with two attached hydrogens (primary N) is 1. The van der Waals surface area contributed by atoms with Crippen molar-refractivity contribution in [2.24, 2.45) is 5.41 Å². The van der Waals surface area contributed by atoms with Crippen molar-refractivity contribution in [2.45, 2.75) is 25.8 Å². The Morgan fingerprint density at radius 2 is 1.87 bits per heavy atom. The van der Waals surface area contributed by atoms with Gasteiger partial charge in [-0.25, -0.2) is 18.7 Å². The minimum absolute atomic E-state index is 0.0124. The summed E-state index contributed by atoms with van der Waals surface area (Å²) in [5.41, 5.74) is 6.97. The van der Waals surface area contributed by atoms with Gasteiger partial charge in [0.05, 0.1) is 38.0 Å². The van der Waals surface area contributed by atoms with Gasteiger partial charge in [-0.1, -0.05) is 18.1 Å². The van der Waals surface area contributed by atoms with Crippen molar-refractivity contribution in [1.29, 1.82) is 0 Å². The molecule has 1 saturated heterocycles. The third kappa shape index (κ3) is 6.60. The van der Waals surface area contributed by atoms with E-state index in [1.54, 1.807) is 24.4 Å². The van der Waals surface area contributed by atoms with Crippen molar-refractivity contribution in [1.82, 2.24) is 24.8 Å². The van der Waals surface area contributed by atoms with Crippen molar-refractivity contribution in [3.05, 3.63) is 65.4 Å². The molecular formula is C39H39F2N7O5. The van der Waals surface area contributed by atoms with E-state index in [0.29, 0.717) is 49.1 Å². The molecule has 14 heteroatoms. The van der Waals surface area contributed by atoms with Gasteiger partial charge in [-0.15, -0.1) is 6.42 Å². The molecule has 274 valence electrons. The predicted molar refractivity (Wildman–Crippen MR) is 195 cm³/mol. The lowest BCUT2D eigenvalue weighted by Gasteiger charge is -2.31. The summed E-state index contributed by atoms with van der Waals surface area (Å²) in [4.78, 5) is 23.0. The summed E-state index contributed by atoms with van der Waals surface area (Å²) in [7, 11) is 1.49. The number of rotatable bonds is 11. The fraction of sp³-hybridized carbons (Fsp3) is 0.385. The molecule has 53 heavy (non-hydrogen) atoms. The maximum absolute atomic E-state index is 17.4. The number of terminal acetylenes is 1. The largest absolute Gasteiger partial charge is 0.475 e. The number of methoxy groups -OCH3 is 1. The molecule has 2 aliphatic heterocycles. The smallest absolute Gasteiger partial charge is 0.319 e. The molecular weight excluding hydrogens is 684 g/mol. The molecule has 1 unspecified atom stereocenters. The van der Waals surface area contributed by atoms with Crippen molar-refractivity contribution >= 4 is 33.3 Å². The molecule has 0 bridgehead atoms. The molecule has 3 aromatic heterocycles. The van der Waals surface area contributed by atoms with E-state index in [1.807, 2.05) is 24.0 Å². The Labute approximate surface area is 305 Å². The Morgan fingerprint density at radius 3 is 2.62 bits per heavy atom. The normalized spacial score (nSPS) is 17.2. The maximum Gasteiger partial charge on any atom is 0.319 e. The molecule has 0 spiro atoms. The average molecular weight is 724 g/mol. The van der Waals surface area contributed by atoms with Gasteiger partial charge in [-0.3, -0.25) is 4.90 Å². The number of nitrogen functional groups attached to an aromatic ring is 1. The molecule has 1 saturated carbocycles. The van der Waals surface area contributed by atoms with Crippen LogP contribution in [0.2, 0.25) is 0 Å². The number of nitrogens with zero attached hydrogens (tertiary/aromatic N) is 6. The van der Waals surface area contributed by atoms with Gasteiger partial charge in [0.2, 0.25) is 5.88 Å². The first kappa shape index (κ1) is 34.7. The number of anilines is 2. The Bertz CT molecular complexity index is 2240. The lowest BCUT2D eigenvalue weighted by Crippen LogP contribution is -2.41. The third-order valence-corrected chi connectivity index (χ3v) is 10.3. The fourth-order valence-corrected chi connectivity index (χ4v) is 7.26. The highest BCUT2D eigenvalue weighted by molar-refractivity contribution is 6.04. The van der Waals surface area contributed by atoms with Crippen molar-refractivity contribution in [2.75, 3.05) is 77.1 Å². The van der Waals surface area contributed by atoms with E-state index >= 15 is 8.78 Å². The van der Waals surface area contributed by atoms with Crippen LogP contribution in [0.3, 0.4) is 0 Å². The van der Waals surface area contributed by atoms with E-state index in [2.05, 4.69) is 20.8 Å². The van der Waals surface area contributed by atoms with Crippen molar-refractivity contribution < 1.29 is 32.5 Å². The molecule has 2 aromatic carbocycles. The Hall–Kier alpha value is -5.36. The summed E-state index contributed by atoms with van der Waals surface area (Å²) in [5, 5.41) is 1.07. The van der Waals surface area contributed by atoms with Gasteiger partial charge in [-0.2, -0.15) is 9.97 Å². The second-order valence-electron chi connectivity index (χ2n) is 13.7. The molecule has 1 atom stereocenters. The van der Waals surface area contributed by atoms with E-state index in [9.17, 15) is 0 Å². The van der Waals surface area contributed by atoms with Crippen LogP contribution in [0.25, 0.3) is 32.9 Å². The van der Waals surface area contributed by atoms with Crippen molar-refractivity contribution in [3.8, 4) is 41.2 Å². The third-order valence-electron chi connectivity index (χ3n) is 10.3. The first-order chi connectivity index (χ1) is 25.8. The number of fused-ring (bicyclic) bond motifs is 1. The molecule has 5 aromatic rings. The van der Waals surface area contributed by atoms with E-state index in [4.69, 9.17) is 45.8 Å². The van der Waals surface area contributed by atoms with Gasteiger partial charge in [0.25, 0.3) is 0 Å². The quantitative estimate of drug-likeness (QED) is 0.136. The molecule has 1 aliphatic carbocycles. The minimum Gasteiger partial charge on any atom is -0.475 e. The monoisotopic (exact) mass is 723 g/mol. The molecule has 2 fully saturated rings. The van der Waals surface area contributed by atoms with Gasteiger partial charge in [0.15, 0.2) is 12.6 Å². The molecule has 2 N–H and O–H groups in total. The minimum atomic E-state index is -0.789. The zero-order valence-electron chi connectivity index (χ0n) is 29.5. The van der Waals surface area contributed by atoms with Gasteiger partial charge < -0.3 is 34.3 Å². The molecule has 5 heterocycles. The zero-order valence-corrected chi connectivity index (χ0v) is 29.5. The number of benzene rings is 2.